The average molecular weight is 455 g/mol. The Hall–Kier alpha value is -2.43. The highest BCUT2D eigenvalue weighted by Gasteiger charge is 2.22. The number of carbonyl (C=O) groups is 1. The van der Waals surface area contributed by atoms with E-state index in [-0.39, 0.29) is 27.1 Å². The van der Waals surface area contributed by atoms with Gasteiger partial charge in [0.1, 0.15) is 5.75 Å². The van der Waals surface area contributed by atoms with E-state index < -0.39 is 31.8 Å². The first-order valence-corrected chi connectivity index (χ1v) is 12.5. The van der Waals surface area contributed by atoms with Gasteiger partial charge < -0.3 is 10.1 Å². The highest BCUT2D eigenvalue weighted by atomic mass is 32.2. The largest absolute Gasteiger partial charge is 0.496 e. The topological polar surface area (TPSA) is 119 Å². The Balaban J connectivity index is 2.31. The maximum Gasteiger partial charge on any atom is 0.255 e. The van der Waals surface area contributed by atoms with Crippen LogP contribution in [0.1, 0.15) is 42.7 Å². The van der Waals surface area contributed by atoms with Gasteiger partial charge in [-0.2, -0.15) is 0 Å². The van der Waals surface area contributed by atoms with Gasteiger partial charge in [0, 0.05) is 18.3 Å². The first-order chi connectivity index (χ1) is 13.8. The number of amides is 1. The first-order valence-electron chi connectivity index (χ1n) is 9.16. The molecule has 0 aliphatic heterocycles. The summed E-state index contributed by atoms with van der Waals surface area (Å²) in [7, 11) is -5.90. The van der Waals surface area contributed by atoms with Crippen LogP contribution in [-0.4, -0.2) is 42.2 Å². The van der Waals surface area contributed by atoms with Crippen molar-refractivity contribution in [1.82, 2.24) is 10.0 Å². The number of hydrogen-bond acceptors (Lipinski definition) is 6. The van der Waals surface area contributed by atoms with Crippen LogP contribution in [0.15, 0.2) is 52.3 Å². The number of carbonyl (C=O) groups excluding carboxylic acids is 1. The molecule has 0 fully saturated rings. The van der Waals surface area contributed by atoms with E-state index in [1.165, 1.54) is 37.4 Å². The molecule has 2 rings (SSSR count). The lowest BCUT2D eigenvalue weighted by Crippen LogP contribution is -2.31. The van der Waals surface area contributed by atoms with Crippen molar-refractivity contribution < 1.29 is 26.4 Å². The van der Waals surface area contributed by atoms with Crippen molar-refractivity contribution in [2.75, 3.05) is 13.4 Å². The molecule has 164 valence electrons. The van der Waals surface area contributed by atoms with Crippen molar-refractivity contribution in [2.24, 2.45) is 0 Å². The molecule has 1 amide bonds. The van der Waals surface area contributed by atoms with E-state index in [4.69, 9.17) is 4.74 Å². The third-order valence-corrected chi connectivity index (χ3v) is 6.95. The zero-order valence-corrected chi connectivity index (χ0v) is 19.1. The Bertz CT molecular complexity index is 1120. The molecule has 2 N–H and O–H groups in total. The molecule has 0 aromatic heterocycles. The van der Waals surface area contributed by atoms with Crippen molar-refractivity contribution in [3.8, 4) is 5.75 Å². The number of ether oxygens (including phenoxy) is 1. The first kappa shape index (κ1) is 23.8. The summed E-state index contributed by atoms with van der Waals surface area (Å²) in [5.74, 6) is -0.181. The molecule has 2 aromatic rings. The fourth-order valence-electron chi connectivity index (χ4n) is 2.74. The summed E-state index contributed by atoms with van der Waals surface area (Å²) in [5, 5.41) is 2.71. The molecular weight excluding hydrogens is 428 g/mol. The summed E-state index contributed by atoms with van der Waals surface area (Å²) in [4.78, 5) is 12.5. The quantitative estimate of drug-likeness (QED) is 0.632. The molecule has 0 aliphatic carbocycles. The number of methoxy groups -OCH3 is 1. The van der Waals surface area contributed by atoms with Gasteiger partial charge in [0.25, 0.3) is 5.91 Å². The summed E-state index contributed by atoms with van der Waals surface area (Å²) < 4.78 is 56.6. The van der Waals surface area contributed by atoms with E-state index in [2.05, 4.69) is 10.0 Å². The Morgan fingerprint density at radius 3 is 2.00 bits per heavy atom. The molecule has 8 nitrogen and oxygen atoms in total. The second kappa shape index (κ2) is 9.15. The Morgan fingerprint density at radius 2 is 1.50 bits per heavy atom. The molecule has 30 heavy (non-hydrogen) atoms. The van der Waals surface area contributed by atoms with Crippen LogP contribution < -0.4 is 14.8 Å². The minimum Gasteiger partial charge on any atom is -0.496 e. The fourth-order valence-corrected chi connectivity index (χ4v) is 4.63. The lowest BCUT2D eigenvalue weighted by atomic mass is 10.1. The van der Waals surface area contributed by atoms with E-state index in [1.807, 2.05) is 0 Å². The lowest BCUT2D eigenvalue weighted by Gasteiger charge is -2.17. The van der Waals surface area contributed by atoms with Crippen LogP contribution in [0.3, 0.4) is 0 Å². The van der Waals surface area contributed by atoms with Crippen LogP contribution in [-0.2, 0) is 19.9 Å². The monoisotopic (exact) mass is 454 g/mol. The van der Waals surface area contributed by atoms with Gasteiger partial charge in [0.15, 0.2) is 9.84 Å². The van der Waals surface area contributed by atoms with Crippen LogP contribution in [0.25, 0.3) is 0 Å². The van der Waals surface area contributed by atoms with Gasteiger partial charge in [-0.05, 0) is 56.7 Å². The molecule has 0 aliphatic rings. The van der Waals surface area contributed by atoms with E-state index in [0.29, 0.717) is 5.56 Å². The predicted molar refractivity (Wildman–Crippen MR) is 114 cm³/mol. The van der Waals surface area contributed by atoms with Crippen LogP contribution in [0.4, 0.5) is 0 Å². The zero-order valence-electron chi connectivity index (χ0n) is 17.5. The highest BCUT2D eigenvalue weighted by molar-refractivity contribution is 7.90. The van der Waals surface area contributed by atoms with Crippen molar-refractivity contribution >= 4 is 25.8 Å². The Kier molecular flexibility index (Phi) is 7.27. The van der Waals surface area contributed by atoms with E-state index >= 15 is 0 Å². The average Bonchev–Trinajstić information content (AvgIpc) is 2.66. The summed E-state index contributed by atoms with van der Waals surface area (Å²) in [6.45, 7) is 5.23. The van der Waals surface area contributed by atoms with Crippen molar-refractivity contribution in [2.45, 2.75) is 42.6 Å². The highest BCUT2D eigenvalue weighted by Crippen LogP contribution is 2.24. The van der Waals surface area contributed by atoms with Crippen molar-refractivity contribution in [3.63, 3.8) is 0 Å². The van der Waals surface area contributed by atoms with E-state index in [1.54, 1.807) is 32.9 Å². The molecule has 1 atom stereocenters. The van der Waals surface area contributed by atoms with Crippen LogP contribution in [0, 0.1) is 0 Å². The summed E-state index contributed by atoms with van der Waals surface area (Å²) in [5.41, 5.74) is 0.705. The molecule has 0 unspecified atom stereocenters. The Labute approximate surface area is 177 Å². The van der Waals surface area contributed by atoms with Gasteiger partial charge in [0.05, 0.1) is 22.5 Å². The Morgan fingerprint density at radius 1 is 0.933 bits per heavy atom. The van der Waals surface area contributed by atoms with Crippen LogP contribution >= 0.6 is 0 Å². The fraction of sp³-hybridized carbons (Fsp3) is 0.350. The smallest absolute Gasteiger partial charge is 0.255 e. The zero-order chi connectivity index (χ0) is 22.7. The van der Waals surface area contributed by atoms with Crippen LogP contribution in [0.5, 0.6) is 5.75 Å². The standard InChI is InChI=1S/C20H26N2O6S2/c1-13(2)21-20(23)18-12-17(10-11-19(18)28-4)30(26,27)22-14(3)15-6-8-16(9-7-15)29(5,24)25/h6-14,22H,1-5H3,(H,21,23)/t14-/m0/s1. The van der Waals surface area contributed by atoms with Gasteiger partial charge >= 0.3 is 0 Å². The molecule has 2 aromatic carbocycles. The number of sulfone groups is 1. The number of hydrogen-bond donors (Lipinski definition) is 2. The van der Waals surface area contributed by atoms with E-state index in [0.717, 1.165) is 6.26 Å². The summed E-state index contributed by atoms with van der Waals surface area (Å²) in [6.07, 6.45) is 1.10. The van der Waals surface area contributed by atoms with Gasteiger partial charge in [0.2, 0.25) is 10.0 Å². The molecule has 0 saturated heterocycles. The molecular formula is C20H26N2O6S2. The van der Waals surface area contributed by atoms with Gasteiger partial charge in [-0.3, -0.25) is 4.79 Å². The second-order valence-corrected chi connectivity index (χ2v) is 10.9. The maximum absolute atomic E-state index is 12.9. The van der Waals surface area contributed by atoms with Gasteiger partial charge in [-0.15, -0.1) is 0 Å². The third-order valence-electron chi connectivity index (χ3n) is 4.29. The van der Waals surface area contributed by atoms with E-state index in [9.17, 15) is 21.6 Å². The minimum atomic E-state index is -3.96. The number of nitrogens with one attached hydrogen (secondary N) is 2. The van der Waals surface area contributed by atoms with Crippen LogP contribution in [0.2, 0.25) is 0 Å². The van der Waals surface area contributed by atoms with Crippen molar-refractivity contribution in [1.29, 1.82) is 0 Å². The summed E-state index contributed by atoms with van der Waals surface area (Å²) in [6, 6.07) is 9.25. The maximum atomic E-state index is 12.9. The van der Waals surface area contributed by atoms with Crippen molar-refractivity contribution in [3.05, 3.63) is 53.6 Å². The third kappa shape index (κ3) is 5.80. The lowest BCUT2D eigenvalue weighted by molar-refractivity contribution is 0.0940. The predicted octanol–water partition coefficient (Wildman–Crippen LogP) is 2.28. The molecule has 0 bridgehead atoms. The number of rotatable bonds is 8. The molecule has 0 heterocycles. The second-order valence-electron chi connectivity index (χ2n) is 7.17. The number of benzene rings is 2. The summed E-state index contributed by atoms with van der Waals surface area (Å²) >= 11 is 0. The number of sulfonamides is 1. The van der Waals surface area contributed by atoms with Gasteiger partial charge in [-0.25, -0.2) is 21.6 Å². The molecule has 0 saturated carbocycles. The molecule has 0 spiro atoms. The SMILES string of the molecule is COc1ccc(S(=O)(=O)N[C@@H](C)c2ccc(S(C)(=O)=O)cc2)cc1C(=O)NC(C)C. The van der Waals surface area contributed by atoms with Gasteiger partial charge in [-0.1, -0.05) is 12.1 Å². The molecule has 10 heteroatoms. The normalized spacial score (nSPS) is 13.1. The minimum absolute atomic E-state index is 0.0863. The molecule has 0 radical (unpaired) electrons.